The standard InChI is InChI=1S/C32H38O5/c1-33-28-16-12-26(13-17-28)22-35-30(9-6-10-32-24-37-32)21-31(20-11-25-7-4-3-5-8-25)36-23-27-14-18-29(34-2)19-15-27/h3-8,10,12-19,30-32H,9,11,20-24H2,1-2H3/b10-6+/t30-,31-,32-/m0/s1. The van der Waals surface area contributed by atoms with E-state index in [4.69, 9.17) is 23.7 Å². The van der Waals surface area contributed by atoms with Crippen LogP contribution in [-0.2, 0) is 33.8 Å². The van der Waals surface area contributed by atoms with E-state index in [0.29, 0.717) is 13.2 Å². The van der Waals surface area contributed by atoms with Crippen molar-refractivity contribution in [3.05, 3.63) is 108 Å². The van der Waals surface area contributed by atoms with Gasteiger partial charge in [-0.15, -0.1) is 0 Å². The third-order valence-corrected chi connectivity index (χ3v) is 6.52. The van der Waals surface area contributed by atoms with Gasteiger partial charge in [-0.25, -0.2) is 0 Å². The van der Waals surface area contributed by atoms with Crippen molar-refractivity contribution in [2.45, 2.75) is 57.2 Å². The summed E-state index contributed by atoms with van der Waals surface area (Å²) in [6, 6.07) is 26.7. The zero-order valence-electron chi connectivity index (χ0n) is 21.9. The summed E-state index contributed by atoms with van der Waals surface area (Å²) < 4.78 is 28.8. The molecule has 1 aliphatic heterocycles. The third-order valence-electron chi connectivity index (χ3n) is 6.52. The predicted molar refractivity (Wildman–Crippen MR) is 146 cm³/mol. The Labute approximate surface area is 221 Å². The van der Waals surface area contributed by atoms with E-state index >= 15 is 0 Å². The number of epoxide rings is 1. The average molecular weight is 503 g/mol. The minimum Gasteiger partial charge on any atom is -0.497 e. The highest BCUT2D eigenvalue weighted by molar-refractivity contribution is 5.27. The van der Waals surface area contributed by atoms with E-state index in [1.165, 1.54) is 5.56 Å². The predicted octanol–water partition coefficient (Wildman–Crippen LogP) is 6.54. The average Bonchev–Trinajstić information content (AvgIpc) is 3.78. The molecule has 3 aromatic carbocycles. The summed E-state index contributed by atoms with van der Waals surface area (Å²) in [5.41, 5.74) is 3.58. The molecule has 0 unspecified atom stereocenters. The Hall–Kier alpha value is -3.12. The van der Waals surface area contributed by atoms with Gasteiger partial charge in [0.2, 0.25) is 0 Å². The van der Waals surface area contributed by atoms with Gasteiger partial charge in [0.1, 0.15) is 11.5 Å². The van der Waals surface area contributed by atoms with Crippen molar-refractivity contribution in [1.82, 2.24) is 0 Å². The summed E-state index contributed by atoms with van der Waals surface area (Å²) >= 11 is 0. The van der Waals surface area contributed by atoms with E-state index in [0.717, 1.165) is 54.9 Å². The highest BCUT2D eigenvalue weighted by atomic mass is 16.6. The molecule has 3 atom stereocenters. The first-order chi connectivity index (χ1) is 18.2. The Kier molecular flexibility index (Phi) is 10.6. The van der Waals surface area contributed by atoms with Crippen molar-refractivity contribution in [3.8, 4) is 11.5 Å². The minimum atomic E-state index is 0.0359. The molecule has 5 heteroatoms. The van der Waals surface area contributed by atoms with Gasteiger partial charge in [0.05, 0.1) is 52.4 Å². The molecule has 37 heavy (non-hydrogen) atoms. The first-order valence-electron chi connectivity index (χ1n) is 13.0. The molecular weight excluding hydrogens is 464 g/mol. The summed E-state index contributed by atoms with van der Waals surface area (Å²) in [6.07, 6.45) is 8.22. The van der Waals surface area contributed by atoms with Gasteiger partial charge in [-0.1, -0.05) is 66.7 Å². The molecule has 0 aromatic heterocycles. The molecule has 0 spiro atoms. The lowest BCUT2D eigenvalue weighted by Crippen LogP contribution is -2.24. The second-order valence-electron chi connectivity index (χ2n) is 9.36. The SMILES string of the molecule is COc1ccc(CO[C@@H](C/C=C/[C@H]2CO2)C[C@H](CCc2ccccc2)OCc2ccc(OC)cc2)cc1. The van der Waals surface area contributed by atoms with Gasteiger partial charge >= 0.3 is 0 Å². The molecule has 5 nitrogen and oxygen atoms in total. The van der Waals surface area contributed by atoms with Crippen molar-refractivity contribution < 1.29 is 23.7 Å². The molecular formula is C32H38O5. The van der Waals surface area contributed by atoms with Crippen LogP contribution in [0.15, 0.2) is 91.0 Å². The Morgan fingerprint density at radius 2 is 1.32 bits per heavy atom. The molecule has 1 heterocycles. The van der Waals surface area contributed by atoms with Crippen LogP contribution in [0.4, 0.5) is 0 Å². The van der Waals surface area contributed by atoms with E-state index in [1.807, 2.05) is 24.3 Å². The minimum absolute atomic E-state index is 0.0359. The summed E-state index contributed by atoms with van der Waals surface area (Å²) in [5, 5.41) is 0. The third kappa shape index (κ3) is 9.69. The molecule has 0 saturated carbocycles. The number of benzene rings is 3. The molecule has 1 aliphatic rings. The van der Waals surface area contributed by atoms with E-state index in [-0.39, 0.29) is 18.3 Å². The molecule has 0 amide bonds. The van der Waals surface area contributed by atoms with Crippen molar-refractivity contribution in [3.63, 3.8) is 0 Å². The molecule has 0 N–H and O–H groups in total. The maximum absolute atomic E-state index is 6.49. The van der Waals surface area contributed by atoms with Crippen molar-refractivity contribution in [2.24, 2.45) is 0 Å². The van der Waals surface area contributed by atoms with Gasteiger partial charge < -0.3 is 23.7 Å². The van der Waals surface area contributed by atoms with Gasteiger partial charge in [-0.05, 0) is 60.2 Å². The number of methoxy groups -OCH3 is 2. The molecule has 0 bridgehead atoms. The maximum atomic E-state index is 6.49. The Morgan fingerprint density at radius 3 is 1.86 bits per heavy atom. The quantitative estimate of drug-likeness (QED) is 0.164. The molecule has 0 aliphatic carbocycles. The fraction of sp³-hybridized carbons (Fsp3) is 0.375. The highest BCUT2D eigenvalue weighted by Crippen LogP contribution is 2.22. The molecule has 1 fully saturated rings. The lowest BCUT2D eigenvalue weighted by molar-refractivity contribution is -0.0309. The van der Waals surface area contributed by atoms with Crippen LogP contribution in [0.1, 0.15) is 36.0 Å². The van der Waals surface area contributed by atoms with Crippen molar-refractivity contribution >= 4 is 0 Å². The van der Waals surface area contributed by atoms with Crippen LogP contribution >= 0.6 is 0 Å². The lowest BCUT2D eigenvalue weighted by atomic mass is 10.0. The summed E-state index contributed by atoms with van der Waals surface area (Å²) in [4.78, 5) is 0. The number of hydrogen-bond acceptors (Lipinski definition) is 5. The fourth-order valence-electron chi connectivity index (χ4n) is 4.19. The maximum Gasteiger partial charge on any atom is 0.118 e. The fourth-order valence-corrected chi connectivity index (χ4v) is 4.19. The van der Waals surface area contributed by atoms with Gasteiger partial charge in [0.15, 0.2) is 0 Å². The smallest absolute Gasteiger partial charge is 0.118 e. The Morgan fingerprint density at radius 1 is 0.757 bits per heavy atom. The largest absolute Gasteiger partial charge is 0.497 e. The number of aryl methyl sites for hydroxylation is 1. The Balaban J connectivity index is 1.40. The number of rotatable bonds is 16. The van der Waals surface area contributed by atoms with E-state index in [2.05, 4.69) is 66.7 Å². The Bertz CT molecular complexity index is 1060. The lowest BCUT2D eigenvalue weighted by Gasteiger charge is -2.24. The summed E-state index contributed by atoms with van der Waals surface area (Å²) in [6.45, 7) is 1.92. The van der Waals surface area contributed by atoms with Crippen LogP contribution in [0.2, 0.25) is 0 Å². The highest BCUT2D eigenvalue weighted by Gasteiger charge is 2.20. The summed E-state index contributed by atoms with van der Waals surface area (Å²) in [7, 11) is 3.36. The molecule has 196 valence electrons. The zero-order valence-corrected chi connectivity index (χ0v) is 21.9. The first-order valence-corrected chi connectivity index (χ1v) is 13.0. The van der Waals surface area contributed by atoms with Crippen LogP contribution in [0.25, 0.3) is 0 Å². The van der Waals surface area contributed by atoms with Crippen LogP contribution < -0.4 is 9.47 Å². The van der Waals surface area contributed by atoms with Crippen LogP contribution in [-0.4, -0.2) is 39.1 Å². The van der Waals surface area contributed by atoms with Crippen molar-refractivity contribution in [1.29, 1.82) is 0 Å². The molecule has 3 aromatic rings. The van der Waals surface area contributed by atoms with Gasteiger partial charge in [-0.3, -0.25) is 0 Å². The summed E-state index contributed by atoms with van der Waals surface area (Å²) in [5.74, 6) is 1.70. The second kappa shape index (κ2) is 14.6. The van der Waals surface area contributed by atoms with Crippen molar-refractivity contribution in [2.75, 3.05) is 20.8 Å². The number of hydrogen-bond donors (Lipinski definition) is 0. The van der Waals surface area contributed by atoms with Crippen LogP contribution in [0.3, 0.4) is 0 Å². The van der Waals surface area contributed by atoms with Gasteiger partial charge in [0.25, 0.3) is 0 Å². The second-order valence-corrected chi connectivity index (χ2v) is 9.36. The normalized spacial score (nSPS) is 16.4. The van der Waals surface area contributed by atoms with Gasteiger partial charge in [0, 0.05) is 6.42 Å². The first kappa shape index (κ1) is 26.9. The van der Waals surface area contributed by atoms with Gasteiger partial charge in [-0.2, -0.15) is 0 Å². The number of ether oxygens (including phenoxy) is 5. The zero-order chi connectivity index (χ0) is 25.7. The van der Waals surface area contributed by atoms with E-state index in [9.17, 15) is 0 Å². The van der Waals surface area contributed by atoms with Crippen LogP contribution in [0, 0.1) is 0 Å². The molecule has 0 radical (unpaired) electrons. The molecule has 1 saturated heterocycles. The monoisotopic (exact) mass is 502 g/mol. The topological polar surface area (TPSA) is 49.5 Å². The van der Waals surface area contributed by atoms with Crippen LogP contribution in [0.5, 0.6) is 11.5 Å². The van der Waals surface area contributed by atoms with E-state index < -0.39 is 0 Å². The molecule has 4 rings (SSSR count). The van der Waals surface area contributed by atoms with E-state index in [1.54, 1.807) is 14.2 Å².